The third kappa shape index (κ3) is 3.35. The molecule has 0 aromatic heterocycles. The van der Waals surface area contributed by atoms with Crippen LogP contribution in [0.3, 0.4) is 0 Å². The predicted molar refractivity (Wildman–Crippen MR) is 72.4 cm³/mol. The van der Waals surface area contributed by atoms with Gasteiger partial charge in [-0.25, -0.2) is 12.7 Å². The van der Waals surface area contributed by atoms with Gasteiger partial charge in [-0.3, -0.25) is 5.84 Å². The minimum atomic E-state index is -3.48. The van der Waals surface area contributed by atoms with Gasteiger partial charge in [0.05, 0.1) is 5.69 Å². The summed E-state index contributed by atoms with van der Waals surface area (Å²) in [6.45, 7) is 0.475. The minimum Gasteiger partial charge on any atom is -0.323 e. The summed E-state index contributed by atoms with van der Waals surface area (Å²) in [5.74, 6) is 6.07. The SMILES string of the molecule is CSCCN(C)S(=O)(=O)c1ccccc1NN. The summed E-state index contributed by atoms with van der Waals surface area (Å²) >= 11 is 1.60. The number of benzene rings is 1. The average Bonchev–Trinajstić information content (AvgIpc) is 2.35. The Hall–Kier alpha value is -0.760. The molecule has 7 heteroatoms. The van der Waals surface area contributed by atoms with Gasteiger partial charge in [0.25, 0.3) is 0 Å². The van der Waals surface area contributed by atoms with E-state index in [9.17, 15) is 8.42 Å². The number of nitrogens with one attached hydrogen (secondary N) is 1. The average molecular weight is 275 g/mol. The van der Waals surface area contributed by atoms with Crippen molar-refractivity contribution < 1.29 is 8.42 Å². The van der Waals surface area contributed by atoms with Crippen molar-refractivity contribution in [3.63, 3.8) is 0 Å². The van der Waals surface area contributed by atoms with E-state index in [4.69, 9.17) is 5.84 Å². The molecule has 0 bridgehead atoms. The molecule has 1 aromatic carbocycles. The molecule has 0 saturated carbocycles. The lowest BCUT2D eigenvalue weighted by molar-refractivity contribution is 0.489. The number of anilines is 1. The molecule has 0 aliphatic rings. The third-order valence-corrected chi connectivity index (χ3v) is 4.85. The summed E-state index contributed by atoms with van der Waals surface area (Å²) in [5.41, 5.74) is 2.81. The van der Waals surface area contributed by atoms with E-state index >= 15 is 0 Å². The van der Waals surface area contributed by atoms with Crippen LogP contribution in [0.2, 0.25) is 0 Å². The molecule has 1 aromatic rings. The molecular formula is C10H17N3O2S2. The van der Waals surface area contributed by atoms with Gasteiger partial charge in [-0.15, -0.1) is 0 Å². The highest BCUT2D eigenvalue weighted by atomic mass is 32.2. The number of nitrogens with two attached hydrogens (primary N) is 1. The maximum Gasteiger partial charge on any atom is 0.244 e. The summed E-state index contributed by atoms with van der Waals surface area (Å²) < 4.78 is 25.8. The van der Waals surface area contributed by atoms with Gasteiger partial charge in [0.2, 0.25) is 10.0 Å². The third-order valence-electron chi connectivity index (χ3n) is 2.34. The number of thioether (sulfide) groups is 1. The van der Waals surface area contributed by atoms with Gasteiger partial charge in [-0.1, -0.05) is 12.1 Å². The fraction of sp³-hybridized carbons (Fsp3) is 0.400. The fourth-order valence-electron chi connectivity index (χ4n) is 1.32. The number of hydrogen-bond acceptors (Lipinski definition) is 5. The molecule has 17 heavy (non-hydrogen) atoms. The van der Waals surface area contributed by atoms with Gasteiger partial charge in [-0.2, -0.15) is 11.8 Å². The van der Waals surface area contributed by atoms with Crippen LogP contribution in [-0.4, -0.2) is 38.3 Å². The van der Waals surface area contributed by atoms with E-state index in [1.807, 2.05) is 6.26 Å². The fourth-order valence-corrected chi connectivity index (χ4v) is 3.21. The first kappa shape index (κ1) is 14.3. The molecule has 5 nitrogen and oxygen atoms in total. The summed E-state index contributed by atoms with van der Waals surface area (Å²) in [7, 11) is -1.91. The number of nitrogens with zero attached hydrogens (tertiary/aromatic N) is 1. The van der Waals surface area contributed by atoms with E-state index in [0.717, 1.165) is 5.75 Å². The molecule has 0 fully saturated rings. The van der Waals surface area contributed by atoms with Gasteiger partial charge in [0, 0.05) is 19.3 Å². The summed E-state index contributed by atoms with van der Waals surface area (Å²) in [5, 5.41) is 0. The molecule has 0 aliphatic heterocycles. The first-order valence-corrected chi connectivity index (χ1v) is 7.88. The molecule has 0 atom stereocenters. The molecular weight excluding hydrogens is 258 g/mol. The van der Waals surface area contributed by atoms with E-state index in [2.05, 4.69) is 5.43 Å². The Morgan fingerprint density at radius 1 is 1.41 bits per heavy atom. The standard InChI is InChI=1S/C10H17N3O2S2/c1-13(7-8-16-2)17(14,15)10-6-4-3-5-9(10)12-11/h3-6,12H,7-8,11H2,1-2H3. The molecule has 0 heterocycles. The van der Waals surface area contributed by atoms with E-state index in [1.54, 1.807) is 43.1 Å². The lowest BCUT2D eigenvalue weighted by Crippen LogP contribution is -2.30. The minimum absolute atomic E-state index is 0.200. The molecule has 0 unspecified atom stereocenters. The quantitative estimate of drug-likeness (QED) is 0.597. The summed E-state index contributed by atoms with van der Waals surface area (Å²) in [6.07, 6.45) is 1.94. The van der Waals surface area contributed by atoms with Crippen molar-refractivity contribution in [2.75, 3.05) is 31.0 Å². The Kier molecular flexibility index (Phi) is 5.26. The predicted octanol–water partition coefficient (Wildman–Crippen LogP) is 0.956. The number of para-hydroxylation sites is 1. The highest BCUT2D eigenvalue weighted by Gasteiger charge is 2.22. The zero-order chi connectivity index (χ0) is 12.9. The van der Waals surface area contributed by atoms with Gasteiger partial charge in [0.15, 0.2) is 0 Å². The van der Waals surface area contributed by atoms with Crippen molar-refractivity contribution >= 4 is 27.5 Å². The second-order valence-corrected chi connectivity index (χ2v) is 6.46. The maximum absolute atomic E-state index is 12.2. The van der Waals surface area contributed by atoms with Crippen molar-refractivity contribution in [2.45, 2.75) is 4.90 Å². The van der Waals surface area contributed by atoms with Gasteiger partial charge < -0.3 is 5.43 Å². The molecule has 0 radical (unpaired) electrons. The highest BCUT2D eigenvalue weighted by molar-refractivity contribution is 7.98. The van der Waals surface area contributed by atoms with Gasteiger partial charge in [-0.05, 0) is 18.4 Å². The number of rotatable bonds is 6. The molecule has 1 rings (SSSR count). The van der Waals surface area contributed by atoms with Crippen molar-refractivity contribution in [2.24, 2.45) is 5.84 Å². The molecule has 0 saturated heterocycles. The van der Waals surface area contributed by atoms with Crippen LogP contribution in [0.4, 0.5) is 5.69 Å². The van der Waals surface area contributed by atoms with Crippen LogP contribution in [0, 0.1) is 0 Å². The molecule has 0 amide bonds. The Balaban J connectivity index is 3.04. The van der Waals surface area contributed by atoms with Crippen LogP contribution in [0.1, 0.15) is 0 Å². The second kappa shape index (κ2) is 6.25. The second-order valence-electron chi connectivity index (χ2n) is 3.46. The highest BCUT2D eigenvalue weighted by Crippen LogP contribution is 2.22. The topological polar surface area (TPSA) is 75.4 Å². The van der Waals surface area contributed by atoms with E-state index in [1.165, 1.54) is 4.31 Å². The van der Waals surface area contributed by atoms with E-state index in [-0.39, 0.29) is 4.90 Å². The Labute approximate surface area is 106 Å². The summed E-state index contributed by atoms with van der Waals surface area (Å²) in [4.78, 5) is 0.200. The molecule has 0 spiro atoms. The summed E-state index contributed by atoms with van der Waals surface area (Å²) in [6, 6.07) is 6.58. The normalized spacial score (nSPS) is 11.8. The lowest BCUT2D eigenvalue weighted by Gasteiger charge is -2.18. The molecule has 96 valence electrons. The number of sulfonamides is 1. The smallest absolute Gasteiger partial charge is 0.244 e. The first-order valence-electron chi connectivity index (χ1n) is 5.05. The zero-order valence-corrected chi connectivity index (χ0v) is 11.5. The van der Waals surface area contributed by atoms with Crippen LogP contribution < -0.4 is 11.3 Å². The molecule has 3 N–H and O–H groups in total. The van der Waals surface area contributed by atoms with Crippen LogP contribution in [0.25, 0.3) is 0 Å². The van der Waals surface area contributed by atoms with Crippen molar-refractivity contribution in [3.8, 4) is 0 Å². The number of hydrazine groups is 1. The monoisotopic (exact) mass is 275 g/mol. The molecule has 0 aliphatic carbocycles. The van der Waals surface area contributed by atoms with Crippen LogP contribution in [-0.2, 0) is 10.0 Å². The lowest BCUT2D eigenvalue weighted by atomic mass is 10.3. The Bertz CT molecular complexity index is 462. The van der Waals surface area contributed by atoms with E-state index < -0.39 is 10.0 Å². The van der Waals surface area contributed by atoms with Crippen molar-refractivity contribution in [3.05, 3.63) is 24.3 Å². The van der Waals surface area contributed by atoms with Crippen LogP contribution >= 0.6 is 11.8 Å². The zero-order valence-electron chi connectivity index (χ0n) is 9.88. The number of hydrogen-bond donors (Lipinski definition) is 2. The van der Waals surface area contributed by atoms with Crippen molar-refractivity contribution in [1.82, 2.24) is 4.31 Å². The Morgan fingerprint density at radius 3 is 2.65 bits per heavy atom. The van der Waals surface area contributed by atoms with E-state index in [0.29, 0.717) is 12.2 Å². The van der Waals surface area contributed by atoms with Crippen molar-refractivity contribution in [1.29, 1.82) is 0 Å². The first-order chi connectivity index (χ1) is 8.04. The maximum atomic E-state index is 12.2. The number of nitrogen functional groups attached to an aromatic ring is 1. The van der Waals surface area contributed by atoms with Crippen LogP contribution in [0.15, 0.2) is 29.2 Å². The van der Waals surface area contributed by atoms with Gasteiger partial charge in [0.1, 0.15) is 4.90 Å². The van der Waals surface area contributed by atoms with Gasteiger partial charge >= 0.3 is 0 Å². The largest absolute Gasteiger partial charge is 0.323 e. The van der Waals surface area contributed by atoms with Crippen LogP contribution in [0.5, 0.6) is 0 Å². The Morgan fingerprint density at radius 2 is 2.06 bits per heavy atom.